The zero-order valence-electron chi connectivity index (χ0n) is 12.6. The lowest BCUT2D eigenvalue weighted by Gasteiger charge is -2.25. The molecule has 0 bridgehead atoms. The maximum Gasteiger partial charge on any atom is 0.417 e. The summed E-state index contributed by atoms with van der Waals surface area (Å²) in [6, 6.07) is 9.26. The molecule has 0 aromatic heterocycles. The highest BCUT2D eigenvalue weighted by atomic mass is 16.6. The minimum Gasteiger partial charge on any atom is -0.447 e. The fraction of sp³-hybridized carbons (Fsp3) is 0.412. The van der Waals surface area contributed by atoms with E-state index in [4.69, 9.17) is 4.74 Å². The standard InChI is InChI=1S/C17H21NO4/c1-3-14(15(19)4-2)16(20)18-13(11-22-17(18)21)10-12-8-6-5-7-9-12/h3,5-9,13-15,19H,1,4,10-11H2,2H3/t13?,14-,15+/m0/s1. The van der Waals surface area contributed by atoms with Crippen LogP contribution in [0.25, 0.3) is 0 Å². The zero-order chi connectivity index (χ0) is 16.1. The van der Waals surface area contributed by atoms with Gasteiger partial charge >= 0.3 is 6.09 Å². The second-order valence-corrected chi connectivity index (χ2v) is 5.37. The van der Waals surface area contributed by atoms with Gasteiger partial charge in [-0.25, -0.2) is 9.69 Å². The van der Waals surface area contributed by atoms with E-state index in [0.29, 0.717) is 12.8 Å². The lowest BCUT2D eigenvalue weighted by atomic mass is 9.97. The van der Waals surface area contributed by atoms with Crippen molar-refractivity contribution in [3.8, 4) is 0 Å². The molecule has 1 aliphatic rings. The van der Waals surface area contributed by atoms with Gasteiger partial charge in [-0.05, 0) is 18.4 Å². The molecular weight excluding hydrogens is 282 g/mol. The van der Waals surface area contributed by atoms with Crippen LogP contribution < -0.4 is 0 Å². The van der Waals surface area contributed by atoms with Gasteiger partial charge in [0.15, 0.2) is 0 Å². The molecule has 0 aliphatic carbocycles. The van der Waals surface area contributed by atoms with E-state index in [1.54, 1.807) is 6.92 Å². The maximum atomic E-state index is 12.6. The Morgan fingerprint density at radius 1 is 1.50 bits per heavy atom. The first-order valence-electron chi connectivity index (χ1n) is 7.42. The molecule has 1 saturated heterocycles. The average molecular weight is 303 g/mol. The first kappa shape index (κ1) is 16.2. The number of rotatable bonds is 6. The Balaban J connectivity index is 2.16. The molecule has 1 aromatic carbocycles. The highest BCUT2D eigenvalue weighted by Gasteiger charge is 2.41. The molecule has 118 valence electrons. The van der Waals surface area contributed by atoms with E-state index < -0.39 is 24.0 Å². The number of aliphatic hydroxyl groups is 1. The molecule has 1 aromatic rings. The SMILES string of the molecule is C=C[C@H](C(=O)N1C(=O)OCC1Cc1ccccc1)[C@H](O)CC. The Kier molecular flexibility index (Phi) is 5.33. The molecule has 1 aliphatic heterocycles. The number of nitrogens with zero attached hydrogens (tertiary/aromatic N) is 1. The van der Waals surface area contributed by atoms with E-state index in [-0.39, 0.29) is 12.6 Å². The number of amides is 2. The molecule has 2 rings (SSSR count). The fourth-order valence-electron chi connectivity index (χ4n) is 2.60. The third-order valence-corrected chi connectivity index (χ3v) is 3.88. The van der Waals surface area contributed by atoms with Gasteiger partial charge in [0.05, 0.1) is 18.1 Å². The lowest BCUT2D eigenvalue weighted by Crippen LogP contribution is -2.45. The summed E-state index contributed by atoms with van der Waals surface area (Å²) in [6.07, 6.45) is 0.831. The molecule has 1 fully saturated rings. The summed E-state index contributed by atoms with van der Waals surface area (Å²) < 4.78 is 5.03. The Morgan fingerprint density at radius 2 is 2.18 bits per heavy atom. The predicted molar refractivity (Wildman–Crippen MR) is 82.1 cm³/mol. The van der Waals surface area contributed by atoms with Gasteiger partial charge in [0.2, 0.25) is 5.91 Å². The van der Waals surface area contributed by atoms with Crippen LogP contribution >= 0.6 is 0 Å². The van der Waals surface area contributed by atoms with E-state index in [2.05, 4.69) is 6.58 Å². The van der Waals surface area contributed by atoms with Crippen LogP contribution in [0.1, 0.15) is 18.9 Å². The van der Waals surface area contributed by atoms with Gasteiger partial charge in [-0.1, -0.05) is 43.3 Å². The molecule has 5 nitrogen and oxygen atoms in total. The predicted octanol–water partition coefficient (Wildman–Crippen LogP) is 2.15. The summed E-state index contributed by atoms with van der Waals surface area (Å²) in [7, 11) is 0. The first-order valence-corrected chi connectivity index (χ1v) is 7.42. The van der Waals surface area contributed by atoms with Crippen LogP contribution in [0.2, 0.25) is 0 Å². The Labute approximate surface area is 130 Å². The Morgan fingerprint density at radius 3 is 2.77 bits per heavy atom. The van der Waals surface area contributed by atoms with Gasteiger partial charge in [0.1, 0.15) is 6.61 Å². The third-order valence-electron chi connectivity index (χ3n) is 3.88. The summed E-state index contributed by atoms with van der Waals surface area (Å²) >= 11 is 0. The average Bonchev–Trinajstić information content (AvgIpc) is 2.89. The Hall–Kier alpha value is -2.14. The highest BCUT2D eigenvalue weighted by molar-refractivity contribution is 5.95. The largest absolute Gasteiger partial charge is 0.447 e. The molecule has 0 saturated carbocycles. The van der Waals surface area contributed by atoms with Crippen molar-refractivity contribution in [2.45, 2.75) is 31.9 Å². The lowest BCUT2D eigenvalue weighted by molar-refractivity contribution is -0.135. The second kappa shape index (κ2) is 7.22. The number of cyclic esters (lactones) is 1. The quantitative estimate of drug-likeness (QED) is 0.818. The minimum absolute atomic E-state index is 0.172. The number of hydrogen-bond acceptors (Lipinski definition) is 4. The molecule has 0 spiro atoms. The van der Waals surface area contributed by atoms with Crippen molar-refractivity contribution < 1.29 is 19.4 Å². The molecule has 2 amide bonds. The van der Waals surface area contributed by atoms with Crippen LogP contribution in [0.5, 0.6) is 0 Å². The summed E-state index contributed by atoms with van der Waals surface area (Å²) in [5.74, 6) is -1.25. The van der Waals surface area contributed by atoms with Gasteiger partial charge in [0.25, 0.3) is 0 Å². The third kappa shape index (κ3) is 3.36. The Bertz CT molecular complexity index is 543. The molecule has 0 radical (unpaired) electrons. The summed E-state index contributed by atoms with van der Waals surface area (Å²) in [4.78, 5) is 25.6. The van der Waals surface area contributed by atoms with Crippen LogP contribution in [0.15, 0.2) is 43.0 Å². The molecule has 1 heterocycles. The van der Waals surface area contributed by atoms with E-state index >= 15 is 0 Å². The van der Waals surface area contributed by atoms with Crippen molar-refractivity contribution in [1.82, 2.24) is 4.90 Å². The second-order valence-electron chi connectivity index (χ2n) is 5.37. The van der Waals surface area contributed by atoms with Crippen LogP contribution in [0.3, 0.4) is 0 Å². The summed E-state index contributed by atoms with van der Waals surface area (Å²) in [6.45, 7) is 5.55. The molecule has 1 N–H and O–H groups in total. The van der Waals surface area contributed by atoms with E-state index in [9.17, 15) is 14.7 Å². The number of ether oxygens (including phenoxy) is 1. The molecule has 5 heteroatoms. The molecular formula is C17H21NO4. The number of hydrogen-bond donors (Lipinski definition) is 1. The highest BCUT2D eigenvalue weighted by Crippen LogP contribution is 2.22. The zero-order valence-corrected chi connectivity index (χ0v) is 12.6. The van der Waals surface area contributed by atoms with Gasteiger partial charge in [-0.15, -0.1) is 6.58 Å². The van der Waals surface area contributed by atoms with Crippen molar-refractivity contribution in [2.75, 3.05) is 6.61 Å². The smallest absolute Gasteiger partial charge is 0.417 e. The van der Waals surface area contributed by atoms with Crippen LogP contribution in [-0.4, -0.2) is 40.8 Å². The fourth-order valence-corrected chi connectivity index (χ4v) is 2.60. The normalized spacial score (nSPS) is 20.4. The van der Waals surface area contributed by atoms with Crippen molar-refractivity contribution in [1.29, 1.82) is 0 Å². The number of benzene rings is 1. The summed E-state index contributed by atoms with van der Waals surface area (Å²) in [5, 5.41) is 9.94. The molecule has 3 atom stereocenters. The van der Waals surface area contributed by atoms with Crippen LogP contribution in [-0.2, 0) is 16.0 Å². The molecule has 22 heavy (non-hydrogen) atoms. The number of carbonyl (C=O) groups is 2. The first-order chi connectivity index (χ1) is 10.6. The van der Waals surface area contributed by atoms with Crippen molar-refractivity contribution in [2.24, 2.45) is 5.92 Å². The van der Waals surface area contributed by atoms with E-state index in [1.807, 2.05) is 30.3 Å². The van der Waals surface area contributed by atoms with Crippen LogP contribution in [0, 0.1) is 5.92 Å². The van der Waals surface area contributed by atoms with Gasteiger partial charge in [-0.2, -0.15) is 0 Å². The van der Waals surface area contributed by atoms with Crippen LogP contribution in [0.4, 0.5) is 4.79 Å². The molecule has 1 unspecified atom stereocenters. The van der Waals surface area contributed by atoms with Gasteiger partial charge in [0, 0.05) is 0 Å². The number of aliphatic hydroxyl groups excluding tert-OH is 1. The number of imide groups is 1. The van der Waals surface area contributed by atoms with E-state index in [1.165, 1.54) is 6.08 Å². The van der Waals surface area contributed by atoms with Crippen molar-refractivity contribution in [3.63, 3.8) is 0 Å². The maximum absolute atomic E-state index is 12.6. The minimum atomic E-state index is -0.851. The van der Waals surface area contributed by atoms with Gasteiger partial charge in [-0.3, -0.25) is 4.79 Å². The monoisotopic (exact) mass is 303 g/mol. The van der Waals surface area contributed by atoms with Gasteiger partial charge < -0.3 is 9.84 Å². The number of carbonyl (C=O) groups excluding carboxylic acids is 2. The summed E-state index contributed by atoms with van der Waals surface area (Å²) in [5.41, 5.74) is 1.02. The van der Waals surface area contributed by atoms with Crippen molar-refractivity contribution in [3.05, 3.63) is 48.6 Å². The topological polar surface area (TPSA) is 66.8 Å². The van der Waals surface area contributed by atoms with E-state index in [0.717, 1.165) is 10.5 Å². The van der Waals surface area contributed by atoms with Crippen molar-refractivity contribution >= 4 is 12.0 Å².